The molecule has 0 amide bonds. The van der Waals surface area contributed by atoms with E-state index in [1.54, 1.807) is 24.3 Å². The average Bonchev–Trinajstić information content (AvgIpc) is 2.46. The van der Waals surface area contributed by atoms with Crippen LogP contribution in [-0.2, 0) is 6.42 Å². The Morgan fingerprint density at radius 3 is 2.71 bits per heavy atom. The molecular formula is C16H16Cl2FNO. The molecule has 0 bridgehead atoms. The van der Waals surface area contributed by atoms with Crippen molar-refractivity contribution in [2.24, 2.45) is 0 Å². The lowest BCUT2D eigenvalue weighted by molar-refractivity contribution is 0.175. The Balaban J connectivity index is 1.82. The predicted molar refractivity (Wildman–Crippen MR) is 84.4 cm³/mol. The molecule has 0 saturated heterocycles. The van der Waals surface area contributed by atoms with Gasteiger partial charge in [0.15, 0.2) is 0 Å². The van der Waals surface area contributed by atoms with Gasteiger partial charge in [-0.05, 0) is 48.9 Å². The molecule has 2 N–H and O–H groups in total. The van der Waals surface area contributed by atoms with Crippen LogP contribution < -0.4 is 5.32 Å². The summed E-state index contributed by atoms with van der Waals surface area (Å²) in [6.07, 6.45) is -0.0444. The first kappa shape index (κ1) is 16.2. The first-order valence-corrected chi connectivity index (χ1v) is 7.40. The second-order valence-electron chi connectivity index (χ2n) is 4.77. The third kappa shape index (κ3) is 4.97. The summed E-state index contributed by atoms with van der Waals surface area (Å²) >= 11 is 11.9. The topological polar surface area (TPSA) is 32.3 Å². The van der Waals surface area contributed by atoms with Crippen molar-refractivity contribution >= 4 is 23.2 Å². The van der Waals surface area contributed by atoms with Crippen LogP contribution in [-0.4, -0.2) is 18.2 Å². The molecule has 2 aromatic rings. The summed E-state index contributed by atoms with van der Waals surface area (Å²) in [6.45, 7) is 0.994. The molecule has 2 aromatic carbocycles. The number of rotatable bonds is 6. The zero-order chi connectivity index (χ0) is 15.2. The van der Waals surface area contributed by atoms with E-state index < -0.39 is 6.10 Å². The Hall–Kier alpha value is -1.13. The second kappa shape index (κ2) is 7.76. The highest BCUT2D eigenvalue weighted by Crippen LogP contribution is 2.25. The van der Waals surface area contributed by atoms with Crippen molar-refractivity contribution in [3.8, 4) is 0 Å². The minimum atomic E-state index is -0.733. The molecule has 1 unspecified atom stereocenters. The van der Waals surface area contributed by atoms with Crippen molar-refractivity contribution in [2.45, 2.75) is 12.5 Å². The van der Waals surface area contributed by atoms with Crippen molar-refractivity contribution in [3.05, 3.63) is 69.5 Å². The first-order valence-electron chi connectivity index (χ1n) is 6.64. The standard InChI is InChI=1S/C16H16Cl2FNO/c17-12-4-5-15(18)14(9-12)16(21)10-20-7-6-11-2-1-3-13(19)8-11/h1-5,8-9,16,20-21H,6-7,10H2. The van der Waals surface area contributed by atoms with Gasteiger partial charge in [-0.3, -0.25) is 0 Å². The highest BCUT2D eigenvalue weighted by molar-refractivity contribution is 6.33. The summed E-state index contributed by atoms with van der Waals surface area (Å²) in [5, 5.41) is 14.2. The Morgan fingerprint density at radius 2 is 1.95 bits per heavy atom. The molecular weight excluding hydrogens is 312 g/mol. The number of hydrogen-bond donors (Lipinski definition) is 2. The van der Waals surface area contributed by atoms with Crippen LogP contribution in [0.5, 0.6) is 0 Å². The molecule has 1 atom stereocenters. The van der Waals surface area contributed by atoms with E-state index in [0.29, 0.717) is 35.1 Å². The Labute approximate surface area is 133 Å². The first-order chi connectivity index (χ1) is 10.1. The van der Waals surface area contributed by atoms with Gasteiger partial charge in [0.25, 0.3) is 0 Å². The average molecular weight is 328 g/mol. The van der Waals surface area contributed by atoms with Crippen molar-refractivity contribution in [1.29, 1.82) is 0 Å². The summed E-state index contributed by atoms with van der Waals surface area (Å²) in [6, 6.07) is 11.5. The summed E-state index contributed by atoms with van der Waals surface area (Å²) in [5.74, 6) is -0.238. The van der Waals surface area contributed by atoms with Gasteiger partial charge in [-0.1, -0.05) is 35.3 Å². The maximum atomic E-state index is 13.0. The predicted octanol–water partition coefficient (Wildman–Crippen LogP) is 4.00. The van der Waals surface area contributed by atoms with E-state index in [1.807, 2.05) is 6.07 Å². The zero-order valence-corrected chi connectivity index (χ0v) is 12.8. The van der Waals surface area contributed by atoms with Crippen LogP contribution in [0.15, 0.2) is 42.5 Å². The molecule has 5 heteroatoms. The number of hydrogen-bond acceptors (Lipinski definition) is 2. The quantitative estimate of drug-likeness (QED) is 0.786. The van der Waals surface area contributed by atoms with Crippen LogP contribution in [0.25, 0.3) is 0 Å². The van der Waals surface area contributed by atoms with Crippen molar-refractivity contribution in [3.63, 3.8) is 0 Å². The molecule has 0 heterocycles. The Bertz CT molecular complexity index is 607. The van der Waals surface area contributed by atoms with Crippen LogP contribution >= 0.6 is 23.2 Å². The van der Waals surface area contributed by atoms with E-state index >= 15 is 0 Å². The molecule has 0 aliphatic carbocycles. The number of halogens is 3. The van der Waals surface area contributed by atoms with Gasteiger partial charge in [0, 0.05) is 22.2 Å². The van der Waals surface area contributed by atoms with Crippen molar-refractivity contribution in [2.75, 3.05) is 13.1 Å². The van der Waals surface area contributed by atoms with Gasteiger partial charge < -0.3 is 10.4 Å². The third-order valence-electron chi connectivity index (χ3n) is 3.13. The molecule has 112 valence electrons. The van der Waals surface area contributed by atoms with E-state index in [1.165, 1.54) is 12.1 Å². The van der Waals surface area contributed by atoms with Crippen LogP contribution in [0.3, 0.4) is 0 Å². The molecule has 2 rings (SSSR count). The van der Waals surface area contributed by atoms with Gasteiger partial charge in [0.1, 0.15) is 5.82 Å². The molecule has 0 radical (unpaired) electrons. The summed E-state index contributed by atoms with van der Waals surface area (Å²) in [5.41, 5.74) is 1.51. The lowest BCUT2D eigenvalue weighted by Gasteiger charge is -2.14. The molecule has 0 aliphatic heterocycles. The summed E-state index contributed by atoms with van der Waals surface area (Å²) in [7, 11) is 0. The monoisotopic (exact) mass is 327 g/mol. The molecule has 0 aliphatic rings. The molecule has 0 saturated carbocycles. The van der Waals surface area contributed by atoms with Crippen LogP contribution in [0.4, 0.5) is 4.39 Å². The number of nitrogens with one attached hydrogen (secondary N) is 1. The highest BCUT2D eigenvalue weighted by atomic mass is 35.5. The van der Waals surface area contributed by atoms with Crippen LogP contribution in [0, 0.1) is 5.82 Å². The van der Waals surface area contributed by atoms with Crippen molar-refractivity contribution < 1.29 is 9.50 Å². The van der Waals surface area contributed by atoms with E-state index in [9.17, 15) is 9.50 Å². The van der Waals surface area contributed by atoms with E-state index in [2.05, 4.69) is 5.32 Å². The fourth-order valence-corrected chi connectivity index (χ4v) is 2.47. The van der Waals surface area contributed by atoms with E-state index in [0.717, 1.165) is 5.56 Å². The molecule has 2 nitrogen and oxygen atoms in total. The number of benzene rings is 2. The molecule has 21 heavy (non-hydrogen) atoms. The lowest BCUT2D eigenvalue weighted by Crippen LogP contribution is -2.24. The zero-order valence-electron chi connectivity index (χ0n) is 11.3. The van der Waals surface area contributed by atoms with Crippen molar-refractivity contribution in [1.82, 2.24) is 5.32 Å². The maximum absolute atomic E-state index is 13.0. The fraction of sp³-hybridized carbons (Fsp3) is 0.250. The van der Waals surface area contributed by atoms with Crippen LogP contribution in [0.2, 0.25) is 10.0 Å². The van der Waals surface area contributed by atoms with Crippen LogP contribution in [0.1, 0.15) is 17.2 Å². The largest absolute Gasteiger partial charge is 0.387 e. The highest BCUT2D eigenvalue weighted by Gasteiger charge is 2.11. The van der Waals surface area contributed by atoms with E-state index in [-0.39, 0.29) is 5.82 Å². The van der Waals surface area contributed by atoms with Gasteiger partial charge in [0.05, 0.1) is 6.10 Å². The van der Waals surface area contributed by atoms with Gasteiger partial charge in [0.2, 0.25) is 0 Å². The van der Waals surface area contributed by atoms with E-state index in [4.69, 9.17) is 23.2 Å². The van der Waals surface area contributed by atoms with Gasteiger partial charge in [-0.25, -0.2) is 4.39 Å². The maximum Gasteiger partial charge on any atom is 0.123 e. The molecule has 0 aromatic heterocycles. The number of aliphatic hydroxyl groups is 1. The minimum Gasteiger partial charge on any atom is -0.387 e. The molecule has 0 spiro atoms. The third-order valence-corrected chi connectivity index (χ3v) is 3.71. The summed E-state index contributed by atoms with van der Waals surface area (Å²) in [4.78, 5) is 0. The van der Waals surface area contributed by atoms with Gasteiger partial charge >= 0.3 is 0 Å². The SMILES string of the molecule is OC(CNCCc1cccc(F)c1)c1cc(Cl)ccc1Cl. The Kier molecular flexibility index (Phi) is 6.00. The smallest absolute Gasteiger partial charge is 0.123 e. The second-order valence-corrected chi connectivity index (χ2v) is 5.61. The fourth-order valence-electron chi connectivity index (χ4n) is 2.04. The summed E-state index contributed by atoms with van der Waals surface area (Å²) < 4.78 is 13.0. The Morgan fingerprint density at radius 1 is 1.14 bits per heavy atom. The minimum absolute atomic E-state index is 0.238. The lowest BCUT2D eigenvalue weighted by atomic mass is 10.1. The van der Waals surface area contributed by atoms with Gasteiger partial charge in [-0.2, -0.15) is 0 Å². The normalized spacial score (nSPS) is 12.4. The van der Waals surface area contributed by atoms with Gasteiger partial charge in [-0.15, -0.1) is 0 Å². The number of aliphatic hydroxyl groups excluding tert-OH is 1. The molecule has 0 fully saturated rings.